The van der Waals surface area contributed by atoms with Crippen molar-refractivity contribution in [1.29, 1.82) is 0 Å². The lowest BCUT2D eigenvalue weighted by Gasteiger charge is -2.07. The Balaban J connectivity index is 3.06. The molecule has 17 heavy (non-hydrogen) atoms. The van der Waals surface area contributed by atoms with Gasteiger partial charge in [0.25, 0.3) is 9.05 Å². The molecule has 0 bridgehead atoms. The van der Waals surface area contributed by atoms with Crippen LogP contribution in [0.5, 0.6) is 0 Å². The van der Waals surface area contributed by atoms with Crippen LogP contribution in [0.15, 0.2) is 35.2 Å². The third-order valence-corrected chi connectivity index (χ3v) is 4.15. The zero-order chi connectivity index (χ0) is 12.6. The molecule has 0 aliphatic heterocycles. The van der Waals surface area contributed by atoms with Crippen LogP contribution in [0.1, 0.15) is 10.4 Å². The molecule has 0 saturated heterocycles. The molecule has 0 unspecified atom stereocenters. The van der Waals surface area contributed by atoms with Crippen molar-refractivity contribution in [1.82, 2.24) is 0 Å². The monoisotopic (exact) mass is 288 g/mol. The maximum atomic E-state index is 11.5. The molecule has 0 radical (unpaired) electrons. The van der Waals surface area contributed by atoms with E-state index in [9.17, 15) is 13.2 Å². The number of carbonyl (C=O) groups excluding carboxylic acids is 1. The number of carbonyl (C=O) groups is 1. The van der Waals surface area contributed by atoms with E-state index in [2.05, 4.69) is 0 Å². The number of hydrogen-bond acceptors (Lipinski definition) is 3. The Morgan fingerprint density at radius 1 is 1.12 bits per heavy atom. The van der Waals surface area contributed by atoms with Crippen LogP contribution in [-0.4, -0.2) is 14.7 Å². The van der Waals surface area contributed by atoms with Gasteiger partial charge in [0.2, 0.25) is 0 Å². The molecule has 0 N–H and O–H groups in total. The first kappa shape index (κ1) is 12.4. The highest BCUT2D eigenvalue weighted by Gasteiger charge is 2.20. The molecule has 2 aromatic rings. The van der Waals surface area contributed by atoms with Gasteiger partial charge >= 0.3 is 0 Å². The van der Waals surface area contributed by atoms with E-state index in [0.29, 0.717) is 22.6 Å². The van der Waals surface area contributed by atoms with Crippen molar-refractivity contribution in [2.75, 3.05) is 0 Å². The zero-order valence-corrected chi connectivity index (χ0v) is 10.7. The highest BCUT2D eigenvalue weighted by Crippen LogP contribution is 2.34. The van der Waals surface area contributed by atoms with E-state index in [-0.39, 0.29) is 9.92 Å². The lowest BCUT2D eigenvalue weighted by Crippen LogP contribution is -1.96. The summed E-state index contributed by atoms with van der Waals surface area (Å²) < 4.78 is 22.9. The van der Waals surface area contributed by atoms with E-state index in [1.165, 1.54) is 6.07 Å². The Morgan fingerprint density at radius 2 is 1.71 bits per heavy atom. The Hall–Kier alpha value is -1.10. The van der Waals surface area contributed by atoms with Crippen molar-refractivity contribution in [3.63, 3.8) is 0 Å². The Labute approximate surface area is 107 Å². The maximum Gasteiger partial charge on any atom is 0.263 e. The molecule has 0 atom stereocenters. The van der Waals surface area contributed by atoms with E-state index in [1.54, 1.807) is 24.3 Å². The number of hydrogen-bond donors (Lipinski definition) is 0. The standard InChI is InChI=1S/C11H6Cl2O3S/c12-10-5-7(6-14)8-3-1-2-4-9(8)11(10)17(13,15)16/h1-6H. The summed E-state index contributed by atoms with van der Waals surface area (Å²) in [6.07, 6.45) is 0.624. The average molecular weight is 289 g/mol. The second-order valence-corrected chi connectivity index (χ2v) is 6.29. The molecule has 0 spiro atoms. The first-order valence-electron chi connectivity index (χ1n) is 4.56. The van der Waals surface area contributed by atoms with Gasteiger partial charge in [0.1, 0.15) is 4.90 Å². The quantitative estimate of drug-likeness (QED) is 0.630. The van der Waals surface area contributed by atoms with E-state index in [0.717, 1.165) is 0 Å². The Kier molecular flexibility index (Phi) is 3.12. The number of halogens is 2. The van der Waals surface area contributed by atoms with Crippen LogP contribution in [0.25, 0.3) is 10.8 Å². The fourth-order valence-electron chi connectivity index (χ4n) is 1.69. The van der Waals surface area contributed by atoms with Gasteiger partial charge in [-0.25, -0.2) is 8.42 Å². The highest BCUT2D eigenvalue weighted by atomic mass is 35.7. The van der Waals surface area contributed by atoms with Crippen molar-refractivity contribution >= 4 is 48.4 Å². The lowest BCUT2D eigenvalue weighted by molar-refractivity contribution is 0.112. The minimum absolute atomic E-state index is 0.0548. The van der Waals surface area contributed by atoms with Gasteiger partial charge in [-0.15, -0.1) is 0 Å². The van der Waals surface area contributed by atoms with Crippen LogP contribution in [0.4, 0.5) is 0 Å². The van der Waals surface area contributed by atoms with Crippen molar-refractivity contribution in [2.45, 2.75) is 4.90 Å². The molecule has 0 saturated carbocycles. The van der Waals surface area contributed by atoms with E-state index in [1.807, 2.05) is 0 Å². The third-order valence-electron chi connectivity index (χ3n) is 2.35. The molecule has 2 rings (SSSR count). The fourth-order valence-corrected chi connectivity index (χ4v) is 3.56. The molecule has 0 heterocycles. The first-order valence-corrected chi connectivity index (χ1v) is 7.25. The molecular weight excluding hydrogens is 283 g/mol. The van der Waals surface area contributed by atoms with Gasteiger partial charge in [-0.05, 0) is 11.5 Å². The smallest absolute Gasteiger partial charge is 0.263 e. The second kappa shape index (κ2) is 4.29. The fraction of sp³-hybridized carbons (Fsp3) is 0. The van der Waals surface area contributed by atoms with Crippen LogP contribution >= 0.6 is 22.3 Å². The topological polar surface area (TPSA) is 51.2 Å². The molecule has 6 heteroatoms. The Bertz CT molecular complexity index is 708. The van der Waals surface area contributed by atoms with Gasteiger partial charge in [-0.1, -0.05) is 35.9 Å². The zero-order valence-electron chi connectivity index (χ0n) is 8.35. The number of benzene rings is 2. The van der Waals surface area contributed by atoms with E-state index >= 15 is 0 Å². The maximum absolute atomic E-state index is 11.5. The molecule has 2 aromatic carbocycles. The van der Waals surface area contributed by atoms with Gasteiger partial charge in [-0.3, -0.25) is 4.79 Å². The SMILES string of the molecule is O=Cc1cc(Cl)c(S(=O)(=O)Cl)c2ccccc12. The second-order valence-electron chi connectivity index (χ2n) is 3.38. The highest BCUT2D eigenvalue weighted by molar-refractivity contribution is 8.14. The Morgan fingerprint density at radius 3 is 2.24 bits per heavy atom. The summed E-state index contributed by atoms with van der Waals surface area (Å²) in [5, 5.41) is 0.795. The van der Waals surface area contributed by atoms with Crippen molar-refractivity contribution in [2.24, 2.45) is 0 Å². The van der Waals surface area contributed by atoms with Gasteiger partial charge in [0.15, 0.2) is 6.29 Å². The largest absolute Gasteiger partial charge is 0.298 e. The van der Waals surface area contributed by atoms with Crippen LogP contribution in [0, 0.1) is 0 Å². The molecule has 0 aromatic heterocycles. The predicted octanol–water partition coefficient (Wildman–Crippen LogP) is 3.23. The van der Waals surface area contributed by atoms with Crippen LogP contribution < -0.4 is 0 Å². The molecule has 3 nitrogen and oxygen atoms in total. The number of fused-ring (bicyclic) bond motifs is 1. The van der Waals surface area contributed by atoms with Crippen LogP contribution in [0.3, 0.4) is 0 Å². The lowest BCUT2D eigenvalue weighted by atomic mass is 10.1. The van der Waals surface area contributed by atoms with Crippen LogP contribution in [0.2, 0.25) is 5.02 Å². The van der Waals surface area contributed by atoms with E-state index in [4.69, 9.17) is 22.3 Å². The summed E-state index contributed by atoms with van der Waals surface area (Å²) in [5.41, 5.74) is 0.328. The third kappa shape index (κ3) is 2.16. The summed E-state index contributed by atoms with van der Waals surface area (Å²) in [6, 6.07) is 7.85. The molecule has 0 aliphatic rings. The minimum Gasteiger partial charge on any atom is -0.298 e. The number of rotatable bonds is 2. The molecule has 88 valence electrons. The average Bonchev–Trinajstić information content (AvgIpc) is 2.25. The van der Waals surface area contributed by atoms with E-state index < -0.39 is 9.05 Å². The predicted molar refractivity (Wildman–Crippen MR) is 67.4 cm³/mol. The normalized spacial score (nSPS) is 11.6. The van der Waals surface area contributed by atoms with Gasteiger partial charge in [0.05, 0.1) is 5.02 Å². The minimum atomic E-state index is -3.96. The molecular formula is C11H6Cl2O3S. The molecule has 0 amide bonds. The van der Waals surface area contributed by atoms with Gasteiger partial charge in [0, 0.05) is 21.6 Å². The van der Waals surface area contributed by atoms with Crippen molar-refractivity contribution < 1.29 is 13.2 Å². The summed E-state index contributed by atoms with van der Waals surface area (Å²) in [5.74, 6) is 0. The van der Waals surface area contributed by atoms with Crippen LogP contribution in [-0.2, 0) is 9.05 Å². The summed E-state index contributed by atoms with van der Waals surface area (Å²) in [7, 11) is 1.38. The molecule has 0 fully saturated rings. The summed E-state index contributed by atoms with van der Waals surface area (Å²) in [4.78, 5) is 10.7. The first-order chi connectivity index (χ1) is 7.95. The molecule has 0 aliphatic carbocycles. The summed E-state index contributed by atoms with van der Waals surface area (Å²) >= 11 is 5.85. The van der Waals surface area contributed by atoms with Crippen molar-refractivity contribution in [3.8, 4) is 0 Å². The summed E-state index contributed by atoms with van der Waals surface area (Å²) in [6.45, 7) is 0. The van der Waals surface area contributed by atoms with Gasteiger partial charge in [-0.2, -0.15) is 0 Å². The number of aldehydes is 1. The van der Waals surface area contributed by atoms with Crippen molar-refractivity contribution in [3.05, 3.63) is 40.9 Å². The van der Waals surface area contributed by atoms with Gasteiger partial charge < -0.3 is 0 Å².